The average Bonchev–Trinajstić information content (AvgIpc) is 2.88. The van der Waals surface area contributed by atoms with Crippen LogP contribution in [0.5, 0.6) is 5.75 Å². The summed E-state index contributed by atoms with van der Waals surface area (Å²) in [6.45, 7) is 1.71. The normalized spacial score (nSPS) is 14.9. The maximum absolute atomic E-state index is 12.6. The van der Waals surface area contributed by atoms with Crippen LogP contribution in [0.2, 0.25) is 0 Å². The summed E-state index contributed by atoms with van der Waals surface area (Å²) in [5.41, 5.74) is 0.0523. The molecule has 0 atom stereocenters. The molecule has 0 bridgehead atoms. The summed E-state index contributed by atoms with van der Waals surface area (Å²) in [5.74, 6) is -0.593. The maximum atomic E-state index is 12.6. The zero-order valence-electron chi connectivity index (χ0n) is 13.5. The highest BCUT2D eigenvalue weighted by Gasteiger charge is 2.25. The Labute approximate surface area is 143 Å². The number of benzene rings is 1. The minimum Gasteiger partial charge on any atom is -0.507 e. The summed E-state index contributed by atoms with van der Waals surface area (Å²) >= 11 is 0. The number of phenolic OH excluding ortho intramolecular Hbond substituents is 1. The van der Waals surface area contributed by atoms with Gasteiger partial charge in [0.05, 0.1) is 5.56 Å². The first-order chi connectivity index (χ1) is 12.1. The summed E-state index contributed by atoms with van der Waals surface area (Å²) in [6, 6.07) is 9.05. The second kappa shape index (κ2) is 7.16. The van der Waals surface area contributed by atoms with E-state index in [2.05, 4.69) is 10.2 Å². The molecule has 0 unspecified atom stereocenters. The summed E-state index contributed by atoms with van der Waals surface area (Å²) in [6.07, 6.45) is 0.619. The number of rotatable bonds is 2. The van der Waals surface area contributed by atoms with Crippen LogP contribution in [0.25, 0.3) is 0 Å². The lowest BCUT2D eigenvalue weighted by molar-refractivity contribution is 0.0713. The van der Waals surface area contributed by atoms with Crippen LogP contribution < -0.4 is 5.56 Å². The van der Waals surface area contributed by atoms with Crippen molar-refractivity contribution in [3.63, 3.8) is 0 Å². The van der Waals surface area contributed by atoms with Crippen molar-refractivity contribution in [3.8, 4) is 5.75 Å². The molecule has 0 saturated carbocycles. The lowest BCUT2D eigenvalue weighted by Gasteiger charge is -2.22. The van der Waals surface area contributed by atoms with Gasteiger partial charge < -0.3 is 14.9 Å². The number of H-pyrrole nitrogens is 1. The third-order valence-corrected chi connectivity index (χ3v) is 4.10. The number of hydrogen-bond donors (Lipinski definition) is 2. The van der Waals surface area contributed by atoms with E-state index in [0.29, 0.717) is 32.6 Å². The Bertz CT molecular complexity index is 828. The maximum Gasteiger partial charge on any atom is 0.274 e. The fourth-order valence-electron chi connectivity index (χ4n) is 2.77. The number of aromatic amines is 1. The highest BCUT2D eigenvalue weighted by molar-refractivity contribution is 5.97. The third kappa shape index (κ3) is 3.68. The molecule has 2 heterocycles. The minimum atomic E-state index is -0.369. The molecule has 8 nitrogen and oxygen atoms in total. The van der Waals surface area contributed by atoms with Crippen molar-refractivity contribution in [3.05, 3.63) is 58.0 Å². The number of para-hydroxylation sites is 1. The molecule has 1 fully saturated rings. The zero-order chi connectivity index (χ0) is 17.8. The molecule has 2 aromatic rings. The van der Waals surface area contributed by atoms with Gasteiger partial charge in [-0.05, 0) is 24.6 Å². The summed E-state index contributed by atoms with van der Waals surface area (Å²) in [7, 11) is 0. The van der Waals surface area contributed by atoms with E-state index in [1.54, 1.807) is 28.0 Å². The first-order valence-electron chi connectivity index (χ1n) is 7.98. The highest BCUT2D eigenvalue weighted by Crippen LogP contribution is 2.19. The van der Waals surface area contributed by atoms with Crippen molar-refractivity contribution in [2.24, 2.45) is 0 Å². The summed E-state index contributed by atoms with van der Waals surface area (Å²) < 4.78 is 0. The Kier molecular flexibility index (Phi) is 4.78. The van der Waals surface area contributed by atoms with Gasteiger partial charge in [0.15, 0.2) is 0 Å². The number of aromatic nitrogens is 2. The van der Waals surface area contributed by atoms with Crippen LogP contribution in [0, 0.1) is 0 Å². The number of phenols is 1. The molecule has 0 spiro atoms. The smallest absolute Gasteiger partial charge is 0.274 e. The van der Waals surface area contributed by atoms with Crippen LogP contribution in [0.3, 0.4) is 0 Å². The first kappa shape index (κ1) is 16.7. The van der Waals surface area contributed by atoms with Gasteiger partial charge in [-0.1, -0.05) is 12.1 Å². The summed E-state index contributed by atoms with van der Waals surface area (Å²) in [5, 5.41) is 15.8. The predicted molar refractivity (Wildman–Crippen MR) is 89.4 cm³/mol. The van der Waals surface area contributed by atoms with Crippen molar-refractivity contribution < 1.29 is 14.7 Å². The van der Waals surface area contributed by atoms with Crippen LogP contribution in [0.4, 0.5) is 0 Å². The van der Waals surface area contributed by atoms with Crippen LogP contribution >= 0.6 is 0 Å². The zero-order valence-corrected chi connectivity index (χ0v) is 13.5. The van der Waals surface area contributed by atoms with Gasteiger partial charge in [-0.2, -0.15) is 5.10 Å². The molecule has 1 aromatic carbocycles. The summed E-state index contributed by atoms with van der Waals surface area (Å²) in [4.78, 5) is 39.3. The monoisotopic (exact) mass is 342 g/mol. The Balaban J connectivity index is 1.69. The highest BCUT2D eigenvalue weighted by atomic mass is 16.3. The second-order valence-corrected chi connectivity index (χ2v) is 5.76. The van der Waals surface area contributed by atoms with Crippen molar-refractivity contribution in [1.29, 1.82) is 0 Å². The van der Waals surface area contributed by atoms with Gasteiger partial charge in [-0.3, -0.25) is 14.4 Å². The average molecular weight is 342 g/mol. The number of carbonyl (C=O) groups is 2. The fraction of sp³-hybridized carbons (Fsp3) is 0.294. The van der Waals surface area contributed by atoms with E-state index < -0.39 is 0 Å². The van der Waals surface area contributed by atoms with E-state index in [-0.39, 0.29) is 34.4 Å². The van der Waals surface area contributed by atoms with Crippen LogP contribution in [0.15, 0.2) is 41.2 Å². The van der Waals surface area contributed by atoms with Gasteiger partial charge in [0.1, 0.15) is 11.4 Å². The Morgan fingerprint density at radius 2 is 1.64 bits per heavy atom. The lowest BCUT2D eigenvalue weighted by atomic mass is 10.1. The predicted octanol–water partition coefficient (Wildman–Crippen LogP) is 0.464. The molecular weight excluding hydrogens is 324 g/mol. The van der Waals surface area contributed by atoms with Gasteiger partial charge in [-0.25, -0.2) is 5.10 Å². The van der Waals surface area contributed by atoms with E-state index in [1.165, 1.54) is 18.2 Å². The molecule has 2 N–H and O–H groups in total. The van der Waals surface area contributed by atoms with Gasteiger partial charge in [0.2, 0.25) is 0 Å². The molecule has 1 saturated heterocycles. The second-order valence-electron chi connectivity index (χ2n) is 5.76. The standard InChI is InChI=1S/C17H18N4O4/c22-14-5-2-1-4-12(14)16(24)20-8-3-9-21(11-10-20)17(25)13-6-7-15(23)19-18-13/h1-2,4-7,22H,3,8-11H2,(H,19,23). The third-order valence-electron chi connectivity index (χ3n) is 4.10. The lowest BCUT2D eigenvalue weighted by Crippen LogP contribution is -2.37. The minimum absolute atomic E-state index is 0.0536. The topological polar surface area (TPSA) is 107 Å². The fourth-order valence-corrected chi connectivity index (χ4v) is 2.77. The Morgan fingerprint density at radius 3 is 2.28 bits per heavy atom. The molecule has 3 rings (SSSR count). The van der Waals surface area contributed by atoms with Gasteiger partial charge in [0.25, 0.3) is 17.4 Å². The van der Waals surface area contributed by atoms with E-state index in [4.69, 9.17) is 0 Å². The number of nitrogens with one attached hydrogen (secondary N) is 1. The molecule has 1 aliphatic rings. The Hall–Kier alpha value is -3.16. The van der Waals surface area contributed by atoms with Gasteiger partial charge in [-0.15, -0.1) is 0 Å². The quantitative estimate of drug-likeness (QED) is 0.825. The molecule has 25 heavy (non-hydrogen) atoms. The molecule has 2 amide bonds. The van der Waals surface area contributed by atoms with Crippen molar-refractivity contribution >= 4 is 11.8 Å². The molecular formula is C17H18N4O4. The molecule has 0 radical (unpaired) electrons. The first-order valence-corrected chi connectivity index (χ1v) is 7.98. The number of aromatic hydroxyl groups is 1. The Morgan fingerprint density at radius 1 is 0.960 bits per heavy atom. The molecule has 1 aliphatic heterocycles. The van der Waals surface area contributed by atoms with E-state index in [0.717, 1.165) is 0 Å². The number of nitrogens with zero attached hydrogens (tertiary/aromatic N) is 3. The number of carbonyl (C=O) groups excluding carboxylic acids is 2. The largest absolute Gasteiger partial charge is 0.507 e. The van der Waals surface area contributed by atoms with Crippen molar-refractivity contribution in [2.45, 2.75) is 6.42 Å². The van der Waals surface area contributed by atoms with Crippen LogP contribution in [-0.4, -0.2) is 63.1 Å². The molecule has 8 heteroatoms. The van der Waals surface area contributed by atoms with E-state index in [9.17, 15) is 19.5 Å². The van der Waals surface area contributed by atoms with Gasteiger partial charge in [0, 0.05) is 32.2 Å². The van der Waals surface area contributed by atoms with E-state index in [1.807, 2.05) is 0 Å². The molecule has 0 aliphatic carbocycles. The SMILES string of the molecule is O=C(c1ccc(=O)[nH]n1)N1CCCN(C(=O)c2ccccc2O)CC1. The van der Waals surface area contributed by atoms with Crippen molar-refractivity contribution in [1.82, 2.24) is 20.0 Å². The van der Waals surface area contributed by atoms with Crippen LogP contribution in [-0.2, 0) is 0 Å². The number of hydrogen-bond acceptors (Lipinski definition) is 5. The molecule has 130 valence electrons. The van der Waals surface area contributed by atoms with Crippen LogP contribution in [0.1, 0.15) is 27.3 Å². The van der Waals surface area contributed by atoms with Crippen molar-refractivity contribution in [2.75, 3.05) is 26.2 Å². The molecule has 1 aromatic heterocycles. The van der Waals surface area contributed by atoms with E-state index >= 15 is 0 Å². The van der Waals surface area contributed by atoms with Gasteiger partial charge >= 0.3 is 0 Å². The number of amides is 2.